The Morgan fingerprint density at radius 3 is 2.45 bits per heavy atom. The van der Waals surface area contributed by atoms with Gasteiger partial charge in [0.25, 0.3) is 5.91 Å². The second kappa shape index (κ2) is 8.90. The summed E-state index contributed by atoms with van der Waals surface area (Å²) < 4.78 is 43.5. The lowest BCUT2D eigenvalue weighted by Gasteiger charge is -2.29. The number of sulfone groups is 1. The van der Waals surface area contributed by atoms with E-state index in [0.717, 1.165) is 0 Å². The second-order valence-electron chi connectivity index (χ2n) is 6.78. The lowest BCUT2D eigenvalue weighted by atomic mass is 10.1. The Hall–Kier alpha value is -1.83. The van der Waals surface area contributed by atoms with Crippen molar-refractivity contribution in [3.05, 3.63) is 63.4 Å². The van der Waals surface area contributed by atoms with Gasteiger partial charge in [0.2, 0.25) is 0 Å². The highest BCUT2D eigenvalue weighted by atomic mass is 35.5. The van der Waals surface area contributed by atoms with Crippen LogP contribution in [0, 0.1) is 5.82 Å². The molecular weight excluding hydrogens is 440 g/mol. The molecule has 0 aliphatic carbocycles. The first-order chi connectivity index (χ1) is 13.7. The molecule has 1 aliphatic heterocycles. The molecule has 156 valence electrons. The fourth-order valence-corrected chi connectivity index (χ4v) is 5.66. The predicted molar refractivity (Wildman–Crippen MR) is 111 cm³/mol. The fraction of sp³-hybridized carbons (Fsp3) is 0.350. The SMILES string of the molecule is CCOc1c(Cl)cc(C(=O)N(Cc2ccccc2F)C2CCS(=O)(=O)C2)cc1Cl. The van der Waals surface area contributed by atoms with Crippen LogP contribution < -0.4 is 4.74 Å². The second-order valence-corrected chi connectivity index (χ2v) is 9.83. The zero-order valence-corrected chi connectivity index (χ0v) is 18.0. The standard InChI is InChI=1S/C20H20Cl2FNO4S/c1-2-28-19-16(21)9-14(10-17(19)22)20(25)24(15-7-8-29(26,27)12-15)11-13-5-3-4-6-18(13)23/h3-6,9-10,15H,2,7-8,11-12H2,1H3. The van der Waals surface area contributed by atoms with E-state index in [1.165, 1.54) is 23.1 Å². The first-order valence-electron chi connectivity index (χ1n) is 9.08. The number of nitrogens with zero attached hydrogens (tertiary/aromatic N) is 1. The molecule has 1 unspecified atom stereocenters. The van der Waals surface area contributed by atoms with Crippen molar-refractivity contribution in [2.45, 2.75) is 25.9 Å². The minimum absolute atomic E-state index is 0.0104. The van der Waals surface area contributed by atoms with Crippen LogP contribution in [0.25, 0.3) is 0 Å². The number of hydrogen-bond acceptors (Lipinski definition) is 4. The van der Waals surface area contributed by atoms with Crippen LogP contribution in [0.2, 0.25) is 10.0 Å². The van der Waals surface area contributed by atoms with Gasteiger partial charge < -0.3 is 9.64 Å². The van der Waals surface area contributed by atoms with Gasteiger partial charge in [0, 0.05) is 23.7 Å². The van der Waals surface area contributed by atoms with Gasteiger partial charge in [0.1, 0.15) is 5.82 Å². The molecule has 0 spiro atoms. The fourth-order valence-electron chi connectivity index (χ4n) is 3.33. The molecule has 1 aliphatic rings. The van der Waals surface area contributed by atoms with Gasteiger partial charge in [-0.2, -0.15) is 0 Å². The van der Waals surface area contributed by atoms with Crippen molar-refractivity contribution >= 4 is 38.9 Å². The van der Waals surface area contributed by atoms with Gasteiger partial charge >= 0.3 is 0 Å². The normalized spacial score (nSPS) is 17.9. The average Bonchev–Trinajstić information content (AvgIpc) is 3.03. The molecule has 9 heteroatoms. The van der Waals surface area contributed by atoms with Crippen LogP contribution in [0.15, 0.2) is 36.4 Å². The maximum atomic E-state index is 14.2. The van der Waals surface area contributed by atoms with E-state index in [1.807, 2.05) is 0 Å². The maximum absolute atomic E-state index is 14.2. The highest BCUT2D eigenvalue weighted by molar-refractivity contribution is 7.91. The molecule has 1 fully saturated rings. The van der Waals surface area contributed by atoms with E-state index in [1.54, 1.807) is 25.1 Å². The third-order valence-corrected chi connectivity index (χ3v) is 7.05. The number of benzene rings is 2. The highest BCUT2D eigenvalue weighted by Crippen LogP contribution is 2.35. The van der Waals surface area contributed by atoms with Crippen LogP contribution in [0.1, 0.15) is 29.3 Å². The summed E-state index contributed by atoms with van der Waals surface area (Å²) in [6, 6.07) is 8.38. The molecule has 0 radical (unpaired) electrons. The van der Waals surface area contributed by atoms with Crippen LogP contribution >= 0.6 is 23.2 Å². The summed E-state index contributed by atoms with van der Waals surface area (Å²) in [5.41, 5.74) is 0.484. The molecule has 1 heterocycles. The van der Waals surface area contributed by atoms with Crippen molar-refractivity contribution in [1.29, 1.82) is 0 Å². The molecule has 2 aromatic rings. The summed E-state index contributed by atoms with van der Waals surface area (Å²) in [6.07, 6.45) is 0.293. The van der Waals surface area contributed by atoms with Crippen molar-refractivity contribution in [2.24, 2.45) is 0 Å². The van der Waals surface area contributed by atoms with Crippen LogP contribution in [0.3, 0.4) is 0 Å². The van der Waals surface area contributed by atoms with E-state index in [9.17, 15) is 17.6 Å². The monoisotopic (exact) mass is 459 g/mol. The number of carbonyl (C=O) groups is 1. The smallest absolute Gasteiger partial charge is 0.254 e. The predicted octanol–water partition coefficient (Wildman–Crippen LogP) is 4.36. The van der Waals surface area contributed by atoms with Gasteiger partial charge in [-0.3, -0.25) is 4.79 Å². The molecule has 5 nitrogen and oxygen atoms in total. The van der Waals surface area contributed by atoms with Crippen LogP contribution in [0.4, 0.5) is 4.39 Å². The highest BCUT2D eigenvalue weighted by Gasteiger charge is 2.35. The first-order valence-corrected chi connectivity index (χ1v) is 11.7. The summed E-state index contributed by atoms with van der Waals surface area (Å²) in [4.78, 5) is 14.7. The molecule has 29 heavy (non-hydrogen) atoms. The minimum atomic E-state index is -3.25. The number of amides is 1. The van der Waals surface area contributed by atoms with Gasteiger partial charge in [0.15, 0.2) is 15.6 Å². The van der Waals surface area contributed by atoms with Crippen molar-refractivity contribution in [1.82, 2.24) is 4.90 Å². The summed E-state index contributed by atoms with van der Waals surface area (Å²) in [5.74, 6) is -0.831. The van der Waals surface area contributed by atoms with Gasteiger partial charge in [0.05, 0.1) is 28.2 Å². The van der Waals surface area contributed by atoms with Crippen LogP contribution in [-0.2, 0) is 16.4 Å². The number of halogens is 3. The molecule has 1 amide bonds. The van der Waals surface area contributed by atoms with E-state index in [2.05, 4.69) is 0 Å². The summed E-state index contributed by atoms with van der Waals surface area (Å²) in [7, 11) is -3.25. The van der Waals surface area contributed by atoms with Gasteiger partial charge in [-0.05, 0) is 31.5 Å². The summed E-state index contributed by atoms with van der Waals surface area (Å²) in [6.45, 7) is 2.07. The molecule has 1 atom stereocenters. The Labute approximate surface area is 179 Å². The maximum Gasteiger partial charge on any atom is 0.254 e. The molecule has 0 aromatic heterocycles. The Balaban J connectivity index is 1.97. The van der Waals surface area contributed by atoms with Crippen LogP contribution in [-0.4, -0.2) is 43.4 Å². The van der Waals surface area contributed by atoms with Gasteiger partial charge in [-0.1, -0.05) is 41.4 Å². The Morgan fingerprint density at radius 1 is 1.24 bits per heavy atom. The average molecular weight is 460 g/mol. The number of hydrogen-bond donors (Lipinski definition) is 0. The summed E-state index contributed by atoms with van der Waals surface area (Å²) >= 11 is 12.4. The third-order valence-electron chi connectivity index (χ3n) is 4.74. The first kappa shape index (κ1) is 21.9. The Kier molecular flexibility index (Phi) is 6.71. The lowest BCUT2D eigenvalue weighted by molar-refractivity contribution is 0.0679. The zero-order valence-electron chi connectivity index (χ0n) is 15.7. The molecule has 3 rings (SSSR count). The molecule has 0 bridgehead atoms. The largest absolute Gasteiger partial charge is 0.491 e. The van der Waals surface area contributed by atoms with E-state index in [0.29, 0.717) is 18.6 Å². The van der Waals surface area contributed by atoms with Crippen molar-refractivity contribution < 1.29 is 22.3 Å². The van der Waals surface area contributed by atoms with E-state index in [-0.39, 0.29) is 39.4 Å². The van der Waals surface area contributed by atoms with Crippen molar-refractivity contribution in [3.63, 3.8) is 0 Å². The quantitative estimate of drug-likeness (QED) is 0.643. The summed E-state index contributed by atoms with van der Waals surface area (Å²) in [5, 5.41) is 0.347. The molecule has 1 saturated heterocycles. The van der Waals surface area contributed by atoms with E-state index in [4.69, 9.17) is 27.9 Å². The topological polar surface area (TPSA) is 63.7 Å². The molecule has 0 N–H and O–H groups in total. The number of carbonyl (C=O) groups excluding carboxylic acids is 1. The number of rotatable bonds is 6. The van der Waals surface area contributed by atoms with Gasteiger partial charge in [-0.15, -0.1) is 0 Å². The van der Waals surface area contributed by atoms with Crippen molar-refractivity contribution in [2.75, 3.05) is 18.1 Å². The van der Waals surface area contributed by atoms with Crippen molar-refractivity contribution in [3.8, 4) is 5.75 Å². The van der Waals surface area contributed by atoms with Gasteiger partial charge in [-0.25, -0.2) is 12.8 Å². The Morgan fingerprint density at radius 2 is 1.90 bits per heavy atom. The minimum Gasteiger partial charge on any atom is -0.491 e. The molecule has 0 saturated carbocycles. The molecule has 2 aromatic carbocycles. The van der Waals surface area contributed by atoms with E-state index >= 15 is 0 Å². The number of ether oxygens (including phenoxy) is 1. The lowest BCUT2D eigenvalue weighted by Crippen LogP contribution is -2.40. The van der Waals surface area contributed by atoms with Crippen LogP contribution in [0.5, 0.6) is 5.75 Å². The Bertz CT molecular complexity index is 1010. The zero-order chi connectivity index (χ0) is 21.2. The third kappa shape index (κ3) is 5.02. The molecular formula is C20H20Cl2FNO4S. The van der Waals surface area contributed by atoms with E-state index < -0.39 is 27.6 Å².